The third kappa shape index (κ3) is 3.63. The molecule has 0 aliphatic rings. The minimum absolute atomic E-state index is 0.0253. The first-order chi connectivity index (χ1) is 10.4. The van der Waals surface area contributed by atoms with Crippen LogP contribution in [-0.2, 0) is 0 Å². The van der Waals surface area contributed by atoms with E-state index < -0.39 is 0 Å². The molecule has 0 fully saturated rings. The van der Waals surface area contributed by atoms with Crippen LogP contribution in [0.15, 0.2) is 29.4 Å². The molecule has 1 heterocycles. The molecule has 1 aromatic heterocycles. The number of benzene rings is 1. The number of hydrogen-bond acceptors (Lipinski definition) is 4. The second kappa shape index (κ2) is 7.17. The van der Waals surface area contributed by atoms with Crippen molar-refractivity contribution < 1.29 is 0 Å². The Balaban J connectivity index is 2.30. The predicted molar refractivity (Wildman–Crippen MR) is 91.3 cm³/mol. The van der Waals surface area contributed by atoms with Gasteiger partial charge in [0.15, 0.2) is 11.0 Å². The Morgan fingerprint density at radius 1 is 1.14 bits per heavy atom. The Labute approximate surface area is 147 Å². The number of hydrogen-bond donors (Lipinski definition) is 1. The molecule has 2 aromatic rings. The normalized spacial score (nSPS) is 11.2. The van der Waals surface area contributed by atoms with Crippen LogP contribution in [0.3, 0.4) is 0 Å². The maximum atomic E-state index is 8.93. The number of nitrogens with one attached hydrogen (secondary N) is 1. The smallest absolute Gasteiger partial charge is 0.168 e. The highest BCUT2D eigenvalue weighted by Gasteiger charge is 2.16. The predicted octanol–water partition coefficient (Wildman–Crippen LogP) is 5.40. The fourth-order valence-electron chi connectivity index (χ4n) is 1.57. The summed E-state index contributed by atoms with van der Waals surface area (Å²) < 4.78 is 0. The molecule has 22 heavy (non-hydrogen) atoms. The first-order valence-corrected chi connectivity index (χ1v) is 7.46. The number of pyridine rings is 1. The molecule has 0 atom stereocenters. The van der Waals surface area contributed by atoms with Crippen LogP contribution >= 0.6 is 46.4 Å². The van der Waals surface area contributed by atoms with Gasteiger partial charge in [-0.2, -0.15) is 10.4 Å². The minimum atomic E-state index is -0.0428. The molecule has 8 heteroatoms. The number of aromatic nitrogens is 1. The molecular weight excluding hydrogens is 366 g/mol. The summed E-state index contributed by atoms with van der Waals surface area (Å²) >= 11 is 23.7. The Hall–Kier alpha value is -1.51. The van der Waals surface area contributed by atoms with E-state index >= 15 is 0 Å². The molecule has 112 valence electrons. The minimum Gasteiger partial charge on any atom is -0.260 e. The monoisotopic (exact) mass is 372 g/mol. The molecule has 0 saturated carbocycles. The number of halogens is 4. The standard InChI is InChI=1S/C14H8Cl4N4/c1-7(8-2-4-9(15)5-3-8)21-22-14-12(17)11(16)10(6-19)13(18)20-14/h2-5H,1H3,(H,20,22)/b21-7-. The van der Waals surface area contributed by atoms with Crippen molar-refractivity contribution >= 4 is 57.9 Å². The van der Waals surface area contributed by atoms with Gasteiger partial charge in [-0.1, -0.05) is 58.5 Å². The fourth-order valence-corrected chi connectivity index (χ4v) is 2.37. The van der Waals surface area contributed by atoms with E-state index in [0.29, 0.717) is 10.7 Å². The van der Waals surface area contributed by atoms with Gasteiger partial charge in [0, 0.05) is 5.02 Å². The Kier molecular flexibility index (Phi) is 5.49. The van der Waals surface area contributed by atoms with Crippen molar-refractivity contribution in [3.05, 3.63) is 55.6 Å². The summed E-state index contributed by atoms with van der Waals surface area (Å²) in [5, 5.41) is 13.8. The molecule has 0 amide bonds. The third-order valence-corrected chi connectivity index (χ3v) is 4.11. The average Bonchev–Trinajstić information content (AvgIpc) is 2.50. The maximum absolute atomic E-state index is 8.93. The molecule has 0 radical (unpaired) electrons. The van der Waals surface area contributed by atoms with Crippen molar-refractivity contribution in [3.63, 3.8) is 0 Å². The van der Waals surface area contributed by atoms with Gasteiger partial charge in [-0.15, -0.1) is 0 Å². The van der Waals surface area contributed by atoms with E-state index in [9.17, 15) is 0 Å². The summed E-state index contributed by atoms with van der Waals surface area (Å²) in [6.45, 7) is 1.80. The molecule has 0 spiro atoms. The van der Waals surface area contributed by atoms with Crippen molar-refractivity contribution in [3.8, 4) is 6.07 Å². The SMILES string of the molecule is C/C(=N/Nc1nc(Cl)c(C#N)c(Cl)c1Cl)c1ccc(Cl)cc1. The van der Waals surface area contributed by atoms with Crippen LogP contribution in [0.1, 0.15) is 18.1 Å². The molecule has 0 unspecified atom stereocenters. The highest BCUT2D eigenvalue weighted by molar-refractivity contribution is 6.45. The molecular formula is C14H8Cl4N4. The molecule has 1 N–H and O–H groups in total. The third-order valence-electron chi connectivity index (χ3n) is 2.74. The first kappa shape index (κ1) is 16.9. The molecule has 1 aromatic carbocycles. The number of hydrazone groups is 1. The molecule has 2 rings (SSSR count). The molecule has 0 aliphatic heterocycles. The van der Waals surface area contributed by atoms with Gasteiger partial charge >= 0.3 is 0 Å². The van der Waals surface area contributed by atoms with Crippen LogP contribution in [-0.4, -0.2) is 10.7 Å². The van der Waals surface area contributed by atoms with Crippen molar-refractivity contribution in [1.82, 2.24) is 4.98 Å². The Bertz CT molecular complexity index is 779. The Morgan fingerprint density at radius 3 is 2.36 bits per heavy atom. The van der Waals surface area contributed by atoms with Gasteiger partial charge in [0.25, 0.3) is 0 Å². The van der Waals surface area contributed by atoms with E-state index in [-0.39, 0.29) is 26.6 Å². The van der Waals surface area contributed by atoms with Crippen molar-refractivity contribution in [2.75, 3.05) is 5.43 Å². The maximum Gasteiger partial charge on any atom is 0.168 e. The summed E-state index contributed by atoms with van der Waals surface area (Å²) in [5.74, 6) is 0.170. The number of anilines is 1. The van der Waals surface area contributed by atoms with E-state index in [2.05, 4.69) is 15.5 Å². The second-order valence-corrected chi connectivity index (χ2v) is 5.73. The number of nitriles is 1. The highest BCUT2D eigenvalue weighted by atomic mass is 35.5. The molecule has 0 aliphatic carbocycles. The molecule has 0 bridgehead atoms. The fraction of sp³-hybridized carbons (Fsp3) is 0.0714. The van der Waals surface area contributed by atoms with Crippen LogP contribution in [0, 0.1) is 11.3 Å². The number of nitrogens with zero attached hydrogens (tertiary/aromatic N) is 3. The lowest BCUT2D eigenvalue weighted by atomic mass is 10.1. The van der Waals surface area contributed by atoms with E-state index in [1.807, 2.05) is 18.2 Å². The van der Waals surface area contributed by atoms with Gasteiger partial charge < -0.3 is 0 Å². The summed E-state index contributed by atoms with van der Waals surface area (Å²) in [4.78, 5) is 3.97. The van der Waals surface area contributed by atoms with Crippen LogP contribution in [0.5, 0.6) is 0 Å². The zero-order chi connectivity index (χ0) is 16.3. The van der Waals surface area contributed by atoms with Crippen LogP contribution in [0.25, 0.3) is 0 Å². The van der Waals surface area contributed by atoms with E-state index in [4.69, 9.17) is 51.7 Å². The van der Waals surface area contributed by atoms with E-state index in [1.165, 1.54) is 0 Å². The topological polar surface area (TPSA) is 61.1 Å². The van der Waals surface area contributed by atoms with E-state index in [0.717, 1.165) is 5.56 Å². The zero-order valence-corrected chi connectivity index (χ0v) is 14.2. The summed E-state index contributed by atoms with van der Waals surface area (Å²) in [6.07, 6.45) is 0. The first-order valence-electron chi connectivity index (χ1n) is 5.95. The summed E-state index contributed by atoms with van der Waals surface area (Å²) in [5.41, 5.74) is 4.28. The largest absolute Gasteiger partial charge is 0.260 e. The summed E-state index contributed by atoms with van der Waals surface area (Å²) in [7, 11) is 0. The van der Waals surface area contributed by atoms with Crippen molar-refractivity contribution in [2.24, 2.45) is 5.10 Å². The summed E-state index contributed by atoms with van der Waals surface area (Å²) in [6, 6.07) is 9.02. The van der Waals surface area contributed by atoms with Crippen LogP contribution < -0.4 is 5.43 Å². The lowest BCUT2D eigenvalue weighted by molar-refractivity contribution is 1.21. The van der Waals surface area contributed by atoms with Crippen LogP contribution in [0.2, 0.25) is 20.2 Å². The molecule has 0 saturated heterocycles. The highest BCUT2D eigenvalue weighted by Crippen LogP contribution is 2.34. The zero-order valence-electron chi connectivity index (χ0n) is 11.2. The van der Waals surface area contributed by atoms with Crippen LogP contribution in [0.4, 0.5) is 5.82 Å². The number of rotatable bonds is 3. The van der Waals surface area contributed by atoms with Crippen molar-refractivity contribution in [2.45, 2.75) is 6.92 Å². The van der Waals surface area contributed by atoms with Gasteiger partial charge in [-0.3, -0.25) is 5.43 Å². The van der Waals surface area contributed by atoms with Gasteiger partial charge in [0.05, 0.1) is 10.7 Å². The van der Waals surface area contributed by atoms with E-state index in [1.54, 1.807) is 19.1 Å². The lowest BCUT2D eigenvalue weighted by Crippen LogP contribution is -2.02. The second-order valence-electron chi connectivity index (χ2n) is 4.18. The quantitative estimate of drug-likeness (QED) is 0.444. The van der Waals surface area contributed by atoms with Gasteiger partial charge in [-0.25, -0.2) is 4.98 Å². The van der Waals surface area contributed by atoms with Gasteiger partial charge in [-0.05, 0) is 24.6 Å². The average molecular weight is 374 g/mol. The van der Waals surface area contributed by atoms with Gasteiger partial charge in [0.1, 0.15) is 16.7 Å². The lowest BCUT2D eigenvalue weighted by Gasteiger charge is -2.08. The molecule has 4 nitrogen and oxygen atoms in total. The Morgan fingerprint density at radius 2 is 1.77 bits per heavy atom. The van der Waals surface area contributed by atoms with Gasteiger partial charge in [0.2, 0.25) is 0 Å². The van der Waals surface area contributed by atoms with Crippen molar-refractivity contribution in [1.29, 1.82) is 5.26 Å².